The Kier molecular flexibility index (Phi) is 7.53. The Morgan fingerprint density at radius 3 is 2.42 bits per heavy atom. The molecule has 4 aromatic rings. The number of rotatable bonds is 8. The molecule has 0 aromatic heterocycles. The Labute approximate surface area is 226 Å². The number of anilines is 2. The molecule has 5 rings (SSSR count). The number of nitrogens with zero attached hydrogens (tertiary/aromatic N) is 1. The van der Waals surface area contributed by atoms with E-state index in [4.69, 9.17) is 21.1 Å². The summed E-state index contributed by atoms with van der Waals surface area (Å²) in [5.41, 5.74) is 2.14. The summed E-state index contributed by atoms with van der Waals surface area (Å²) in [6.07, 6.45) is 1.61. The number of ether oxygens (including phenoxy) is 2. The number of benzene rings is 4. The molecule has 0 saturated carbocycles. The second-order valence-electron chi connectivity index (χ2n) is 8.67. The summed E-state index contributed by atoms with van der Waals surface area (Å²) in [5.74, 6) is 0.990. The van der Waals surface area contributed by atoms with Gasteiger partial charge in [0.05, 0.1) is 16.3 Å². The molecule has 0 fully saturated rings. The van der Waals surface area contributed by atoms with Crippen molar-refractivity contribution in [3.63, 3.8) is 0 Å². The summed E-state index contributed by atoms with van der Waals surface area (Å²) in [5, 5.41) is 3.19. The summed E-state index contributed by atoms with van der Waals surface area (Å²) in [6.45, 7) is 0.139. The lowest BCUT2D eigenvalue weighted by Crippen LogP contribution is -2.35. The van der Waals surface area contributed by atoms with Crippen molar-refractivity contribution >= 4 is 38.9 Å². The number of hydrogen-bond acceptors (Lipinski definition) is 5. The van der Waals surface area contributed by atoms with Crippen LogP contribution in [0.1, 0.15) is 12.0 Å². The molecular weight excluding hydrogens is 524 g/mol. The van der Waals surface area contributed by atoms with Crippen LogP contribution in [0.3, 0.4) is 0 Å². The average Bonchev–Trinajstić information content (AvgIpc) is 2.94. The van der Waals surface area contributed by atoms with E-state index in [0.29, 0.717) is 40.2 Å². The van der Waals surface area contributed by atoms with Gasteiger partial charge >= 0.3 is 0 Å². The highest BCUT2D eigenvalue weighted by Gasteiger charge is 2.28. The normalized spacial score (nSPS) is 12.9. The summed E-state index contributed by atoms with van der Waals surface area (Å²) < 4.78 is 39.6. The third kappa shape index (κ3) is 5.77. The molecule has 1 aliphatic rings. The molecule has 0 spiro atoms. The van der Waals surface area contributed by atoms with E-state index in [0.717, 1.165) is 18.4 Å². The maximum atomic E-state index is 13.3. The fourth-order valence-corrected chi connectivity index (χ4v) is 5.94. The van der Waals surface area contributed by atoms with Crippen LogP contribution in [0.25, 0.3) is 0 Å². The maximum absolute atomic E-state index is 13.3. The van der Waals surface area contributed by atoms with E-state index < -0.39 is 15.9 Å². The van der Waals surface area contributed by atoms with E-state index in [-0.39, 0.29) is 11.5 Å². The van der Waals surface area contributed by atoms with Gasteiger partial charge in [0.1, 0.15) is 11.5 Å². The Morgan fingerprint density at radius 1 is 0.895 bits per heavy atom. The monoisotopic (exact) mass is 548 g/mol. The van der Waals surface area contributed by atoms with E-state index in [2.05, 4.69) is 5.32 Å². The van der Waals surface area contributed by atoms with Crippen molar-refractivity contribution in [1.82, 2.24) is 0 Å². The first kappa shape index (κ1) is 25.6. The van der Waals surface area contributed by atoms with Gasteiger partial charge in [-0.3, -0.25) is 9.10 Å². The quantitative estimate of drug-likeness (QED) is 0.280. The zero-order valence-corrected chi connectivity index (χ0v) is 21.9. The predicted octanol–water partition coefficient (Wildman–Crippen LogP) is 6.29. The molecule has 0 atom stereocenters. The van der Waals surface area contributed by atoms with Gasteiger partial charge in [0.15, 0.2) is 12.4 Å². The number of aryl methyl sites for hydroxylation is 1. The molecule has 0 bridgehead atoms. The zero-order chi connectivity index (χ0) is 26.5. The molecule has 194 valence electrons. The zero-order valence-electron chi connectivity index (χ0n) is 20.3. The van der Waals surface area contributed by atoms with Crippen LogP contribution in [0, 0.1) is 0 Å². The van der Waals surface area contributed by atoms with E-state index in [1.54, 1.807) is 42.5 Å². The predicted molar refractivity (Wildman–Crippen MR) is 148 cm³/mol. The number of fused-ring (bicyclic) bond motifs is 1. The largest absolute Gasteiger partial charge is 0.484 e. The number of hydrogen-bond donors (Lipinski definition) is 1. The van der Waals surface area contributed by atoms with Gasteiger partial charge in [-0.1, -0.05) is 48.0 Å². The van der Waals surface area contributed by atoms with Gasteiger partial charge in [0.25, 0.3) is 15.9 Å². The van der Waals surface area contributed by atoms with Crippen molar-refractivity contribution in [3.8, 4) is 17.2 Å². The number of halogens is 1. The number of nitrogens with one attached hydrogen (secondary N) is 1. The van der Waals surface area contributed by atoms with Crippen LogP contribution in [0.4, 0.5) is 11.4 Å². The van der Waals surface area contributed by atoms with Gasteiger partial charge < -0.3 is 14.8 Å². The minimum absolute atomic E-state index is 0.160. The minimum Gasteiger partial charge on any atom is -0.484 e. The van der Waals surface area contributed by atoms with Gasteiger partial charge in [-0.15, -0.1) is 0 Å². The third-order valence-electron chi connectivity index (χ3n) is 6.04. The Bertz CT molecular complexity index is 1540. The molecule has 1 amide bonds. The molecule has 0 radical (unpaired) electrons. The lowest BCUT2D eigenvalue weighted by atomic mass is 10.0. The summed E-state index contributed by atoms with van der Waals surface area (Å²) in [6, 6.07) is 27.7. The second kappa shape index (κ2) is 11.2. The topological polar surface area (TPSA) is 84.9 Å². The molecule has 1 N–H and O–H groups in total. The number of carbonyl (C=O) groups is 1. The summed E-state index contributed by atoms with van der Waals surface area (Å²) >= 11 is 6.12. The highest BCUT2D eigenvalue weighted by atomic mass is 35.5. The molecule has 1 heterocycles. The van der Waals surface area contributed by atoms with E-state index in [9.17, 15) is 13.2 Å². The highest BCUT2D eigenvalue weighted by molar-refractivity contribution is 7.92. The lowest BCUT2D eigenvalue weighted by molar-refractivity contribution is -0.118. The summed E-state index contributed by atoms with van der Waals surface area (Å²) in [7, 11) is -3.73. The van der Waals surface area contributed by atoms with Crippen molar-refractivity contribution < 1.29 is 22.7 Å². The van der Waals surface area contributed by atoms with Crippen molar-refractivity contribution in [2.75, 3.05) is 22.8 Å². The fourth-order valence-electron chi connectivity index (χ4n) is 4.22. The van der Waals surface area contributed by atoms with Gasteiger partial charge in [0.2, 0.25) is 0 Å². The smallest absolute Gasteiger partial charge is 0.264 e. The number of carbonyl (C=O) groups excluding carboxylic acids is 1. The van der Waals surface area contributed by atoms with Gasteiger partial charge in [-0.05, 0) is 79.1 Å². The van der Waals surface area contributed by atoms with E-state index >= 15 is 0 Å². The number of sulfonamides is 1. The van der Waals surface area contributed by atoms with Crippen LogP contribution in [0.15, 0.2) is 102 Å². The molecule has 0 saturated heterocycles. The Balaban J connectivity index is 1.23. The molecule has 0 aliphatic carbocycles. The fraction of sp³-hybridized carbons (Fsp3) is 0.138. The molecule has 4 aromatic carbocycles. The van der Waals surface area contributed by atoms with E-state index in [1.165, 1.54) is 16.4 Å². The Hall–Kier alpha value is -4.01. The SMILES string of the molecule is O=C(COc1ccc(S(=O)(=O)N2CCCc3ccccc32)cc1)Nc1cc(Cl)ccc1Oc1ccccc1. The van der Waals surface area contributed by atoms with Crippen LogP contribution in [0.2, 0.25) is 5.02 Å². The van der Waals surface area contributed by atoms with Crippen molar-refractivity contribution in [2.45, 2.75) is 17.7 Å². The van der Waals surface area contributed by atoms with Crippen molar-refractivity contribution in [1.29, 1.82) is 0 Å². The van der Waals surface area contributed by atoms with Gasteiger partial charge in [-0.2, -0.15) is 0 Å². The van der Waals surface area contributed by atoms with E-state index in [1.807, 2.05) is 42.5 Å². The van der Waals surface area contributed by atoms with Crippen LogP contribution in [0.5, 0.6) is 17.2 Å². The number of amides is 1. The Morgan fingerprint density at radius 2 is 1.63 bits per heavy atom. The molecule has 1 aliphatic heterocycles. The first-order valence-electron chi connectivity index (χ1n) is 12.1. The average molecular weight is 549 g/mol. The highest BCUT2D eigenvalue weighted by Crippen LogP contribution is 2.33. The molecule has 7 nitrogen and oxygen atoms in total. The van der Waals surface area contributed by atoms with Crippen LogP contribution < -0.4 is 19.1 Å². The molecule has 9 heteroatoms. The maximum Gasteiger partial charge on any atom is 0.264 e. The first-order valence-corrected chi connectivity index (χ1v) is 13.9. The first-order chi connectivity index (χ1) is 18.4. The van der Waals surface area contributed by atoms with Gasteiger partial charge in [-0.25, -0.2) is 8.42 Å². The standard InChI is InChI=1S/C29H25ClN2O5S/c30-22-12-17-28(37-24-9-2-1-3-10-24)26(19-22)31-29(33)20-36-23-13-15-25(16-14-23)38(34,35)32-18-6-8-21-7-4-5-11-27(21)32/h1-5,7,9-17,19H,6,8,18,20H2,(H,31,33). The van der Waals surface area contributed by atoms with Crippen LogP contribution in [-0.2, 0) is 21.2 Å². The molecule has 0 unspecified atom stereocenters. The van der Waals surface area contributed by atoms with Crippen LogP contribution >= 0.6 is 11.6 Å². The van der Waals surface area contributed by atoms with Crippen LogP contribution in [-0.4, -0.2) is 27.5 Å². The molecule has 38 heavy (non-hydrogen) atoms. The summed E-state index contributed by atoms with van der Waals surface area (Å²) in [4.78, 5) is 12.8. The second-order valence-corrected chi connectivity index (χ2v) is 11.0. The van der Waals surface area contributed by atoms with Crippen molar-refractivity contribution in [3.05, 3.63) is 108 Å². The molecular formula is C29H25ClN2O5S. The number of para-hydroxylation sites is 2. The lowest BCUT2D eigenvalue weighted by Gasteiger charge is -2.30. The third-order valence-corrected chi connectivity index (χ3v) is 8.10. The van der Waals surface area contributed by atoms with Crippen molar-refractivity contribution in [2.24, 2.45) is 0 Å². The van der Waals surface area contributed by atoms with Gasteiger partial charge in [0, 0.05) is 11.6 Å². The minimum atomic E-state index is -3.73.